The molecule has 0 aromatic carbocycles. The summed E-state index contributed by atoms with van der Waals surface area (Å²) >= 11 is 0. The fourth-order valence-corrected chi connectivity index (χ4v) is 1.78. The Hall–Kier alpha value is -1.60. The maximum atomic E-state index is 8.70. The van der Waals surface area contributed by atoms with Gasteiger partial charge in [0.25, 0.3) is 0 Å². The molecule has 1 unspecified atom stereocenters. The lowest BCUT2D eigenvalue weighted by atomic mass is 10.1. The van der Waals surface area contributed by atoms with Crippen LogP contribution in [0.3, 0.4) is 0 Å². The summed E-state index contributed by atoms with van der Waals surface area (Å²) in [7, 11) is 0. The minimum atomic E-state index is 0.00390. The zero-order chi connectivity index (χ0) is 13.5. The van der Waals surface area contributed by atoms with Crippen molar-refractivity contribution >= 4 is 5.82 Å². The van der Waals surface area contributed by atoms with E-state index in [-0.39, 0.29) is 6.04 Å². The van der Waals surface area contributed by atoms with Crippen LogP contribution in [-0.4, -0.2) is 18.1 Å². The molecule has 0 saturated heterocycles. The molecule has 0 amide bonds. The molecule has 0 aliphatic carbocycles. The van der Waals surface area contributed by atoms with E-state index in [1.54, 1.807) is 0 Å². The second kappa shape index (κ2) is 6.97. The van der Waals surface area contributed by atoms with Gasteiger partial charge in [0.15, 0.2) is 0 Å². The monoisotopic (exact) mass is 246 g/mol. The van der Waals surface area contributed by atoms with Crippen molar-refractivity contribution in [2.75, 3.05) is 18.0 Å². The minimum Gasteiger partial charge on any atom is -0.355 e. The second-order valence-corrected chi connectivity index (χ2v) is 4.99. The van der Waals surface area contributed by atoms with E-state index in [2.05, 4.69) is 29.8 Å². The molecular weight excluding hydrogens is 224 g/mol. The quantitative estimate of drug-likeness (QED) is 0.837. The standard InChI is InChI=1S/C14H22N4/c1-11(2)10-18(8-4-7-15)14-6-5-13(9-17-14)12(3)16/h5-6,9,11-12H,4,8,10,16H2,1-3H3. The summed E-state index contributed by atoms with van der Waals surface area (Å²) in [6, 6.07) is 6.18. The molecule has 0 aliphatic rings. The zero-order valence-corrected chi connectivity index (χ0v) is 11.4. The number of pyridine rings is 1. The minimum absolute atomic E-state index is 0.00390. The highest BCUT2D eigenvalue weighted by Crippen LogP contribution is 2.16. The molecule has 2 N–H and O–H groups in total. The molecule has 0 fully saturated rings. The van der Waals surface area contributed by atoms with Gasteiger partial charge in [-0.15, -0.1) is 0 Å². The Balaban J connectivity index is 2.81. The molecule has 1 aromatic heterocycles. The van der Waals surface area contributed by atoms with E-state index in [1.807, 2.05) is 25.3 Å². The Morgan fingerprint density at radius 2 is 2.11 bits per heavy atom. The number of hydrogen-bond acceptors (Lipinski definition) is 4. The van der Waals surface area contributed by atoms with Crippen molar-refractivity contribution in [3.8, 4) is 6.07 Å². The lowest BCUT2D eigenvalue weighted by Crippen LogP contribution is -2.29. The van der Waals surface area contributed by atoms with Gasteiger partial charge in [0.05, 0.1) is 12.5 Å². The predicted octanol–water partition coefficient (Wildman–Crippen LogP) is 2.48. The van der Waals surface area contributed by atoms with Crippen molar-refractivity contribution in [2.24, 2.45) is 11.7 Å². The van der Waals surface area contributed by atoms with Gasteiger partial charge < -0.3 is 10.6 Å². The van der Waals surface area contributed by atoms with Crippen LogP contribution in [0, 0.1) is 17.2 Å². The Labute approximate surface area is 109 Å². The number of anilines is 1. The van der Waals surface area contributed by atoms with Gasteiger partial charge in [-0.1, -0.05) is 19.9 Å². The van der Waals surface area contributed by atoms with Crippen LogP contribution in [0.4, 0.5) is 5.82 Å². The molecule has 1 heterocycles. The Morgan fingerprint density at radius 3 is 2.56 bits per heavy atom. The van der Waals surface area contributed by atoms with E-state index >= 15 is 0 Å². The molecule has 1 atom stereocenters. The summed E-state index contributed by atoms with van der Waals surface area (Å²) in [5, 5.41) is 8.70. The number of nitrogens with two attached hydrogens (primary N) is 1. The third-order valence-corrected chi connectivity index (χ3v) is 2.70. The van der Waals surface area contributed by atoms with Gasteiger partial charge in [0.2, 0.25) is 0 Å². The van der Waals surface area contributed by atoms with Crippen molar-refractivity contribution in [1.29, 1.82) is 5.26 Å². The molecule has 1 aromatic rings. The van der Waals surface area contributed by atoms with E-state index < -0.39 is 0 Å². The normalized spacial score (nSPS) is 12.2. The highest BCUT2D eigenvalue weighted by atomic mass is 15.2. The summed E-state index contributed by atoms with van der Waals surface area (Å²) < 4.78 is 0. The molecular formula is C14H22N4. The van der Waals surface area contributed by atoms with E-state index in [4.69, 9.17) is 11.0 Å². The van der Waals surface area contributed by atoms with E-state index in [0.29, 0.717) is 12.3 Å². The van der Waals surface area contributed by atoms with Crippen molar-refractivity contribution in [1.82, 2.24) is 4.98 Å². The van der Waals surface area contributed by atoms with Gasteiger partial charge in [-0.3, -0.25) is 0 Å². The van der Waals surface area contributed by atoms with E-state index in [0.717, 1.165) is 24.5 Å². The topological polar surface area (TPSA) is 65.9 Å². The number of nitriles is 1. The summed E-state index contributed by atoms with van der Waals surface area (Å²) in [5.74, 6) is 1.46. The van der Waals surface area contributed by atoms with Crippen LogP contribution in [0.25, 0.3) is 0 Å². The first-order chi connectivity index (χ1) is 8.54. The number of rotatable bonds is 6. The van der Waals surface area contributed by atoms with Crippen LogP contribution in [0.5, 0.6) is 0 Å². The average Bonchev–Trinajstić information content (AvgIpc) is 2.34. The molecule has 0 spiro atoms. The fourth-order valence-electron chi connectivity index (χ4n) is 1.78. The summed E-state index contributed by atoms with van der Waals surface area (Å²) in [6.07, 6.45) is 2.34. The molecule has 0 bridgehead atoms. The van der Waals surface area contributed by atoms with Gasteiger partial charge in [-0.05, 0) is 24.5 Å². The van der Waals surface area contributed by atoms with E-state index in [1.165, 1.54) is 0 Å². The summed E-state index contributed by atoms with van der Waals surface area (Å²) in [6.45, 7) is 7.90. The third-order valence-electron chi connectivity index (χ3n) is 2.70. The molecule has 0 aliphatic heterocycles. The lowest BCUT2D eigenvalue weighted by molar-refractivity contribution is 0.607. The Kier molecular flexibility index (Phi) is 5.60. The van der Waals surface area contributed by atoms with Crippen LogP contribution in [-0.2, 0) is 0 Å². The highest BCUT2D eigenvalue weighted by molar-refractivity contribution is 5.40. The largest absolute Gasteiger partial charge is 0.355 e. The van der Waals surface area contributed by atoms with Crippen LogP contribution >= 0.6 is 0 Å². The molecule has 4 heteroatoms. The van der Waals surface area contributed by atoms with Gasteiger partial charge in [-0.2, -0.15) is 5.26 Å². The predicted molar refractivity (Wildman–Crippen MR) is 74.1 cm³/mol. The van der Waals surface area contributed by atoms with Crippen LogP contribution in [0.2, 0.25) is 0 Å². The van der Waals surface area contributed by atoms with Crippen molar-refractivity contribution < 1.29 is 0 Å². The van der Waals surface area contributed by atoms with Gasteiger partial charge >= 0.3 is 0 Å². The highest BCUT2D eigenvalue weighted by Gasteiger charge is 2.10. The van der Waals surface area contributed by atoms with Crippen molar-refractivity contribution in [2.45, 2.75) is 33.2 Å². The third kappa shape index (κ3) is 4.34. The van der Waals surface area contributed by atoms with Gasteiger partial charge in [-0.25, -0.2) is 4.98 Å². The number of hydrogen-bond donors (Lipinski definition) is 1. The van der Waals surface area contributed by atoms with E-state index in [9.17, 15) is 0 Å². The fraction of sp³-hybridized carbons (Fsp3) is 0.571. The molecule has 0 radical (unpaired) electrons. The maximum Gasteiger partial charge on any atom is 0.128 e. The number of nitrogens with zero attached hydrogens (tertiary/aromatic N) is 3. The van der Waals surface area contributed by atoms with Crippen molar-refractivity contribution in [3.63, 3.8) is 0 Å². The van der Waals surface area contributed by atoms with Crippen LogP contribution in [0.15, 0.2) is 18.3 Å². The smallest absolute Gasteiger partial charge is 0.128 e. The molecule has 18 heavy (non-hydrogen) atoms. The SMILES string of the molecule is CC(C)CN(CCC#N)c1ccc(C(C)N)cn1. The first kappa shape index (κ1) is 14.5. The Bertz CT molecular complexity index is 389. The first-order valence-corrected chi connectivity index (χ1v) is 6.38. The second-order valence-electron chi connectivity index (χ2n) is 4.99. The zero-order valence-electron chi connectivity index (χ0n) is 11.4. The first-order valence-electron chi connectivity index (χ1n) is 6.38. The summed E-state index contributed by atoms with van der Waals surface area (Å²) in [4.78, 5) is 6.59. The van der Waals surface area contributed by atoms with Gasteiger partial charge in [0.1, 0.15) is 5.82 Å². The molecule has 4 nitrogen and oxygen atoms in total. The molecule has 98 valence electrons. The van der Waals surface area contributed by atoms with Crippen molar-refractivity contribution in [3.05, 3.63) is 23.9 Å². The average molecular weight is 246 g/mol. The van der Waals surface area contributed by atoms with Crippen LogP contribution < -0.4 is 10.6 Å². The Morgan fingerprint density at radius 1 is 1.39 bits per heavy atom. The van der Waals surface area contributed by atoms with Crippen LogP contribution in [0.1, 0.15) is 38.8 Å². The number of aromatic nitrogens is 1. The summed E-state index contributed by atoms with van der Waals surface area (Å²) in [5.41, 5.74) is 6.84. The van der Waals surface area contributed by atoms with Gasteiger partial charge in [0, 0.05) is 25.3 Å². The lowest BCUT2D eigenvalue weighted by Gasteiger charge is -2.25. The maximum absolute atomic E-state index is 8.70. The molecule has 0 saturated carbocycles. The molecule has 1 rings (SSSR count).